The summed E-state index contributed by atoms with van der Waals surface area (Å²) in [5.41, 5.74) is 1.04. The van der Waals surface area contributed by atoms with Crippen LogP contribution in [-0.4, -0.2) is 24.0 Å². The SMILES string of the molecule is Cc1nc(C)c(CNC(=O)CCC2CCNC2)s1. The second-order valence-electron chi connectivity index (χ2n) is 4.92. The van der Waals surface area contributed by atoms with Crippen LogP contribution in [0.1, 0.15) is 34.8 Å². The Hall–Kier alpha value is -0.940. The maximum atomic E-state index is 11.7. The lowest BCUT2D eigenvalue weighted by molar-refractivity contribution is -0.121. The average Bonchev–Trinajstić information content (AvgIpc) is 2.94. The van der Waals surface area contributed by atoms with Crippen molar-refractivity contribution in [1.29, 1.82) is 0 Å². The molecule has 0 spiro atoms. The fourth-order valence-electron chi connectivity index (χ4n) is 2.30. The molecule has 0 bridgehead atoms. The van der Waals surface area contributed by atoms with E-state index in [4.69, 9.17) is 0 Å². The van der Waals surface area contributed by atoms with Gasteiger partial charge in [0.05, 0.1) is 17.2 Å². The minimum absolute atomic E-state index is 0.160. The molecule has 2 N–H and O–H groups in total. The Balaban J connectivity index is 1.69. The zero-order valence-electron chi connectivity index (χ0n) is 11.1. The summed E-state index contributed by atoms with van der Waals surface area (Å²) in [7, 11) is 0. The average molecular weight is 267 g/mol. The van der Waals surface area contributed by atoms with Crippen LogP contribution in [0.15, 0.2) is 0 Å². The predicted molar refractivity (Wildman–Crippen MR) is 73.6 cm³/mol. The van der Waals surface area contributed by atoms with Crippen LogP contribution in [0.2, 0.25) is 0 Å². The van der Waals surface area contributed by atoms with Gasteiger partial charge in [-0.2, -0.15) is 0 Å². The topological polar surface area (TPSA) is 54.0 Å². The molecule has 0 radical (unpaired) electrons. The Labute approximate surface area is 112 Å². The van der Waals surface area contributed by atoms with E-state index in [0.717, 1.165) is 30.2 Å². The number of nitrogens with one attached hydrogen (secondary N) is 2. The van der Waals surface area contributed by atoms with Crippen molar-refractivity contribution in [2.75, 3.05) is 13.1 Å². The Kier molecular flexibility index (Phi) is 4.72. The minimum atomic E-state index is 0.160. The van der Waals surface area contributed by atoms with E-state index in [1.54, 1.807) is 11.3 Å². The van der Waals surface area contributed by atoms with Crippen molar-refractivity contribution >= 4 is 17.2 Å². The van der Waals surface area contributed by atoms with Gasteiger partial charge in [-0.15, -0.1) is 11.3 Å². The van der Waals surface area contributed by atoms with Gasteiger partial charge in [-0.1, -0.05) is 0 Å². The molecule has 0 aromatic carbocycles. The highest BCUT2D eigenvalue weighted by atomic mass is 32.1. The number of rotatable bonds is 5. The molecule has 1 fully saturated rings. The number of hydrogen-bond donors (Lipinski definition) is 2. The minimum Gasteiger partial charge on any atom is -0.351 e. The fraction of sp³-hybridized carbons (Fsp3) is 0.692. The third-order valence-corrected chi connectivity index (χ3v) is 4.46. The molecule has 2 heterocycles. The molecule has 2 rings (SSSR count). The van der Waals surface area contributed by atoms with Gasteiger partial charge in [0.25, 0.3) is 0 Å². The number of hydrogen-bond acceptors (Lipinski definition) is 4. The van der Waals surface area contributed by atoms with Crippen molar-refractivity contribution < 1.29 is 4.79 Å². The Morgan fingerprint density at radius 3 is 3.00 bits per heavy atom. The Bertz CT molecular complexity index is 410. The maximum Gasteiger partial charge on any atom is 0.220 e. The standard InChI is InChI=1S/C13H21N3OS/c1-9-12(18-10(2)16-9)8-15-13(17)4-3-11-5-6-14-7-11/h11,14H,3-8H2,1-2H3,(H,15,17). The van der Waals surface area contributed by atoms with E-state index in [9.17, 15) is 4.79 Å². The zero-order valence-corrected chi connectivity index (χ0v) is 11.9. The number of aromatic nitrogens is 1. The van der Waals surface area contributed by atoms with E-state index in [1.807, 2.05) is 13.8 Å². The molecule has 1 amide bonds. The molecule has 1 aromatic heterocycles. The van der Waals surface area contributed by atoms with Crippen molar-refractivity contribution in [2.24, 2.45) is 5.92 Å². The van der Waals surface area contributed by atoms with Crippen LogP contribution in [0.3, 0.4) is 0 Å². The molecule has 1 unspecified atom stereocenters. The normalized spacial score (nSPS) is 19.1. The van der Waals surface area contributed by atoms with E-state index in [1.165, 1.54) is 11.3 Å². The lowest BCUT2D eigenvalue weighted by atomic mass is 10.0. The quantitative estimate of drug-likeness (QED) is 0.855. The summed E-state index contributed by atoms with van der Waals surface area (Å²) in [5, 5.41) is 7.38. The molecular formula is C13H21N3OS. The highest BCUT2D eigenvalue weighted by Crippen LogP contribution is 2.17. The van der Waals surface area contributed by atoms with Crippen molar-refractivity contribution in [3.63, 3.8) is 0 Å². The second-order valence-corrected chi connectivity index (χ2v) is 6.20. The molecule has 1 aliphatic rings. The molecule has 1 saturated heterocycles. The van der Waals surface area contributed by atoms with Crippen molar-refractivity contribution in [2.45, 2.75) is 39.7 Å². The third kappa shape index (κ3) is 3.78. The molecule has 18 heavy (non-hydrogen) atoms. The monoisotopic (exact) mass is 267 g/mol. The summed E-state index contributed by atoms with van der Waals surface area (Å²) in [6.45, 7) is 6.79. The molecule has 100 valence electrons. The highest BCUT2D eigenvalue weighted by molar-refractivity contribution is 7.11. The molecule has 1 aliphatic heterocycles. The fourth-order valence-corrected chi connectivity index (χ4v) is 3.18. The zero-order chi connectivity index (χ0) is 13.0. The largest absolute Gasteiger partial charge is 0.351 e. The summed E-state index contributed by atoms with van der Waals surface area (Å²) >= 11 is 1.66. The van der Waals surface area contributed by atoms with E-state index < -0.39 is 0 Å². The first-order chi connectivity index (χ1) is 8.65. The van der Waals surface area contributed by atoms with E-state index in [-0.39, 0.29) is 5.91 Å². The maximum absolute atomic E-state index is 11.7. The van der Waals surface area contributed by atoms with Gasteiger partial charge in [0.2, 0.25) is 5.91 Å². The van der Waals surface area contributed by atoms with Gasteiger partial charge in [0.15, 0.2) is 0 Å². The Morgan fingerprint density at radius 1 is 1.56 bits per heavy atom. The number of aryl methyl sites for hydroxylation is 2. The molecule has 0 saturated carbocycles. The highest BCUT2D eigenvalue weighted by Gasteiger charge is 2.15. The number of thiazole rings is 1. The van der Waals surface area contributed by atoms with E-state index >= 15 is 0 Å². The summed E-state index contributed by atoms with van der Waals surface area (Å²) in [5.74, 6) is 0.843. The number of carbonyl (C=O) groups is 1. The Morgan fingerprint density at radius 2 is 2.39 bits per heavy atom. The van der Waals surface area contributed by atoms with Crippen LogP contribution in [0.25, 0.3) is 0 Å². The van der Waals surface area contributed by atoms with Crippen LogP contribution in [-0.2, 0) is 11.3 Å². The van der Waals surface area contributed by atoms with Crippen molar-refractivity contribution in [3.05, 3.63) is 15.6 Å². The number of amides is 1. The lowest BCUT2D eigenvalue weighted by Crippen LogP contribution is -2.23. The van der Waals surface area contributed by atoms with Crippen LogP contribution >= 0.6 is 11.3 Å². The first kappa shape index (κ1) is 13.5. The van der Waals surface area contributed by atoms with Gasteiger partial charge >= 0.3 is 0 Å². The first-order valence-electron chi connectivity index (χ1n) is 6.55. The molecule has 1 atom stereocenters. The lowest BCUT2D eigenvalue weighted by Gasteiger charge is -2.08. The molecule has 0 aliphatic carbocycles. The van der Waals surface area contributed by atoms with Crippen molar-refractivity contribution in [3.8, 4) is 0 Å². The van der Waals surface area contributed by atoms with Gasteiger partial charge in [0, 0.05) is 11.3 Å². The summed E-state index contributed by atoms with van der Waals surface area (Å²) in [6, 6.07) is 0. The molecular weight excluding hydrogens is 246 g/mol. The summed E-state index contributed by atoms with van der Waals surface area (Å²) in [4.78, 5) is 17.3. The second kappa shape index (κ2) is 6.29. The van der Waals surface area contributed by atoms with Crippen LogP contribution in [0.5, 0.6) is 0 Å². The number of carbonyl (C=O) groups excluding carboxylic acids is 1. The third-order valence-electron chi connectivity index (χ3n) is 3.39. The predicted octanol–water partition coefficient (Wildman–Crippen LogP) is 1.77. The van der Waals surface area contributed by atoms with Crippen LogP contribution in [0, 0.1) is 19.8 Å². The van der Waals surface area contributed by atoms with Gasteiger partial charge in [-0.25, -0.2) is 4.98 Å². The van der Waals surface area contributed by atoms with Gasteiger partial charge in [0.1, 0.15) is 0 Å². The van der Waals surface area contributed by atoms with Gasteiger partial charge in [-0.3, -0.25) is 4.79 Å². The van der Waals surface area contributed by atoms with Gasteiger partial charge < -0.3 is 10.6 Å². The van der Waals surface area contributed by atoms with Crippen molar-refractivity contribution in [1.82, 2.24) is 15.6 Å². The molecule has 4 nitrogen and oxygen atoms in total. The summed E-state index contributed by atoms with van der Waals surface area (Å²) < 4.78 is 0. The summed E-state index contributed by atoms with van der Waals surface area (Å²) in [6.07, 6.45) is 2.85. The van der Waals surface area contributed by atoms with E-state index in [2.05, 4.69) is 15.6 Å². The van der Waals surface area contributed by atoms with Gasteiger partial charge in [-0.05, 0) is 45.7 Å². The van der Waals surface area contributed by atoms with Crippen LogP contribution < -0.4 is 10.6 Å². The molecule has 1 aromatic rings. The first-order valence-corrected chi connectivity index (χ1v) is 7.37. The van der Waals surface area contributed by atoms with E-state index in [0.29, 0.717) is 18.9 Å². The smallest absolute Gasteiger partial charge is 0.220 e. The number of nitrogens with zero attached hydrogens (tertiary/aromatic N) is 1. The van der Waals surface area contributed by atoms with Crippen LogP contribution in [0.4, 0.5) is 0 Å². The molecule has 5 heteroatoms.